The van der Waals surface area contributed by atoms with Gasteiger partial charge in [-0.3, -0.25) is 0 Å². The Hall–Kier alpha value is -0.810. The molecule has 2 aliphatic carbocycles. The number of hydrogen-bond donors (Lipinski definition) is 3. The Morgan fingerprint density at radius 3 is 2.29 bits per heavy atom. The minimum atomic E-state index is -0.0261. The van der Waals surface area contributed by atoms with E-state index < -0.39 is 0 Å². The van der Waals surface area contributed by atoms with E-state index in [1.165, 1.54) is 51.6 Å². The first-order valence-corrected chi connectivity index (χ1v) is 10.2. The molecule has 3 N–H and O–H groups in total. The number of nitrogens with zero attached hydrogens (tertiary/aromatic N) is 1. The number of urea groups is 1. The van der Waals surface area contributed by atoms with Gasteiger partial charge in [0.05, 0.1) is 0 Å². The van der Waals surface area contributed by atoms with Gasteiger partial charge in [-0.05, 0) is 64.5 Å². The van der Waals surface area contributed by atoms with Gasteiger partial charge in [-0.25, -0.2) is 4.79 Å². The summed E-state index contributed by atoms with van der Waals surface area (Å²) in [5.74, 6) is 0.235. The zero-order chi connectivity index (χ0) is 16.8. The van der Waals surface area contributed by atoms with Crippen LogP contribution in [-0.2, 0) is 0 Å². The Morgan fingerprint density at radius 2 is 1.58 bits per heavy atom. The van der Waals surface area contributed by atoms with Gasteiger partial charge in [-0.1, -0.05) is 19.3 Å². The fraction of sp³-hybridized carbons (Fsp3) is 0.947. The van der Waals surface area contributed by atoms with Crippen molar-refractivity contribution in [1.82, 2.24) is 15.5 Å². The summed E-state index contributed by atoms with van der Waals surface area (Å²) in [5.41, 5.74) is 0. The van der Waals surface area contributed by atoms with Gasteiger partial charge in [0.25, 0.3) is 0 Å². The molecule has 3 fully saturated rings. The van der Waals surface area contributed by atoms with Gasteiger partial charge in [-0.2, -0.15) is 0 Å². The topological polar surface area (TPSA) is 64.6 Å². The summed E-state index contributed by atoms with van der Waals surface area (Å²) >= 11 is 0. The largest absolute Gasteiger partial charge is 0.396 e. The Bertz CT molecular complexity index is 390. The zero-order valence-corrected chi connectivity index (χ0v) is 15.0. The summed E-state index contributed by atoms with van der Waals surface area (Å²) in [4.78, 5) is 15.0. The Morgan fingerprint density at radius 1 is 0.875 bits per heavy atom. The second kappa shape index (κ2) is 9.04. The molecule has 0 aromatic rings. The molecule has 1 heterocycles. The van der Waals surface area contributed by atoms with Crippen molar-refractivity contribution in [1.29, 1.82) is 0 Å². The van der Waals surface area contributed by atoms with Crippen LogP contribution in [0.25, 0.3) is 0 Å². The number of likely N-dealkylation sites (tertiary alicyclic amines) is 1. The second-order valence-corrected chi connectivity index (χ2v) is 8.05. The third kappa shape index (κ3) is 4.85. The van der Waals surface area contributed by atoms with E-state index in [0.29, 0.717) is 6.04 Å². The first-order valence-electron chi connectivity index (χ1n) is 10.2. The highest BCUT2D eigenvalue weighted by molar-refractivity contribution is 5.74. The molecule has 24 heavy (non-hydrogen) atoms. The van der Waals surface area contributed by atoms with E-state index in [2.05, 4.69) is 15.5 Å². The fourth-order valence-electron chi connectivity index (χ4n) is 4.88. The molecule has 2 amide bonds. The lowest BCUT2D eigenvalue weighted by atomic mass is 9.85. The highest BCUT2D eigenvalue weighted by Crippen LogP contribution is 2.26. The number of piperidine rings is 1. The number of aliphatic hydroxyl groups is 1. The summed E-state index contributed by atoms with van der Waals surface area (Å²) in [6, 6.07) is 1.18. The third-order valence-corrected chi connectivity index (χ3v) is 6.40. The molecule has 1 saturated heterocycles. The van der Waals surface area contributed by atoms with Crippen LogP contribution in [0.4, 0.5) is 4.79 Å². The lowest BCUT2D eigenvalue weighted by Crippen LogP contribution is -2.51. The molecular weight excluding hydrogens is 302 g/mol. The van der Waals surface area contributed by atoms with Crippen molar-refractivity contribution < 1.29 is 9.90 Å². The van der Waals surface area contributed by atoms with Crippen molar-refractivity contribution in [3.8, 4) is 0 Å². The smallest absolute Gasteiger partial charge is 0.315 e. The van der Waals surface area contributed by atoms with Gasteiger partial charge in [0, 0.05) is 30.7 Å². The average molecular weight is 338 g/mol. The molecule has 5 nitrogen and oxygen atoms in total. The van der Waals surface area contributed by atoms with Crippen LogP contribution in [0.15, 0.2) is 0 Å². The van der Waals surface area contributed by atoms with Crippen LogP contribution in [0.5, 0.6) is 0 Å². The van der Waals surface area contributed by atoms with Crippen LogP contribution in [0, 0.1) is 5.92 Å². The average Bonchev–Trinajstić information content (AvgIpc) is 2.63. The highest BCUT2D eigenvalue weighted by atomic mass is 16.3. The normalized spacial score (nSPS) is 35.4. The molecule has 0 bridgehead atoms. The van der Waals surface area contributed by atoms with Crippen molar-refractivity contribution in [2.75, 3.05) is 19.7 Å². The summed E-state index contributed by atoms with van der Waals surface area (Å²) in [6.07, 6.45) is 13.1. The van der Waals surface area contributed by atoms with Crippen LogP contribution < -0.4 is 10.6 Å². The molecule has 1 aliphatic heterocycles. The van der Waals surface area contributed by atoms with Crippen molar-refractivity contribution >= 4 is 6.03 Å². The van der Waals surface area contributed by atoms with Gasteiger partial charge in [0.1, 0.15) is 0 Å². The van der Waals surface area contributed by atoms with Crippen molar-refractivity contribution in [2.24, 2.45) is 5.92 Å². The van der Waals surface area contributed by atoms with E-state index in [-0.39, 0.29) is 24.6 Å². The first kappa shape index (κ1) is 18.0. The highest BCUT2D eigenvalue weighted by Gasteiger charge is 2.29. The molecule has 0 spiro atoms. The van der Waals surface area contributed by atoms with Gasteiger partial charge < -0.3 is 20.6 Å². The molecule has 138 valence electrons. The number of carbonyl (C=O) groups excluding carboxylic acids is 1. The van der Waals surface area contributed by atoms with Gasteiger partial charge in [0.15, 0.2) is 0 Å². The Labute approximate surface area is 146 Å². The van der Waals surface area contributed by atoms with Gasteiger partial charge in [-0.15, -0.1) is 0 Å². The summed E-state index contributed by atoms with van der Waals surface area (Å²) in [7, 11) is 0. The quantitative estimate of drug-likeness (QED) is 0.739. The molecular formula is C19H35N3O2. The van der Waals surface area contributed by atoms with E-state index in [0.717, 1.165) is 38.1 Å². The van der Waals surface area contributed by atoms with Crippen LogP contribution in [0.1, 0.15) is 70.6 Å². The number of rotatable bonds is 4. The van der Waals surface area contributed by atoms with Crippen molar-refractivity contribution in [3.63, 3.8) is 0 Å². The number of amides is 2. The van der Waals surface area contributed by atoms with Gasteiger partial charge in [0.2, 0.25) is 0 Å². The molecule has 2 atom stereocenters. The summed E-state index contributed by atoms with van der Waals surface area (Å²) < 4.78 is 0. The number of nitrogens with one attached hydrogen (secondary N) is 2. The minimum absolute atomic E-state index is 0.0261. The molecule has 0 aromatic heterocycles. The Balaban J connectivity index is 1.38. The van der Waals surface area contributed by atoms with E-state index >= 15 is 0 Å². The zero-order valence-electron chi connectivity index (χ0n) is 15.0. The Kier molecular flexibility index (Phi) is 6.78. The second-order valence-electron chi connectivity index (χ2n) is 8.05. The monoisotopic (exact) mass is 337 g/mol. The van der Waals surface area contributed by atoms with Crippen LogP contribution >= 0.6 is 0 Å². The lowest BCUT2D eigenvalue weighted by molar-refractivity contribution is 0.120. The molecule has 0 unspecified atom stereocenters. The summed E-state index contributed by atoms with van der Waals surface area (Å²) in [5, 5.41) is 15.8. The van der Waals surface area contributed by atoms with Crippen molar-refractivity contribution in [3.05, 3.63) is 0 Å². The van der Waals surface area contributed by atoms with E-state index in [4.69, 9.17) is 0 Å². The summed E-state index contributed by atoms with van der Waals surface area (Å²) in [6.45, 7) is 2.73. The van der Waals surface area contributed by atoms with Crippen LogP contribution in [0.2, 0.25) is 0 Å². The molecule has 3 rings (SSSR count). The molecule has 3 aliphatic rings. The number of hydrogen-bond acceptors (Lipinski definition) is 3. The molecule has 0 aromatic carbocycles. The number of aliphatic hydroxyl groups excluding tert-OH is 1. The van der Waals surface area contributed by atoms with Gasteiger partial charge >= 0.3 is 6.03 Å². The fourth-order valence-corrected chi connectivity index (χ4v) is 4.88. The van der Waals surface area contributed by atoms with Crippen molar-refractivity contribution in [2.45, 2.75) is 88.8 Å². The SMILES string of the molecule is O=C(NC1CCC(N2CCCCC2)CC1)N[C@H]1CCCC[C@@H]1CO. The van der Waals surface area contributed by atoms with E-state index in [1.807, 2.05) is 0 Å². The maximum atomic E-state index is 12.3. The van der Waals surface area contributed by atoms with E-state index in [1.54, 1.807) is 0 Å². The number of carbonyl (C=O) groups is 1. The van der Waals surface area contributed by atoms with E-state index in [9.17, 15) is 9.90 Å². The van der Waals surface area contributed by atoms with Crippen LogP contribution in [-0.4, -0.2) is 53.9 Å². The first-order chi connectivity index (χ1) is 11.8. The predicted octanol–water partition coefficient (Wildman–Crippen LogP) is 2.63. The third-order valence-electron chi connectivity index (χ3n) is 6.40. The maximum absolute atomic E-state index is 12.3. The molecule has 0 radical (unpaired) electrons. The lowest BCUT2D eigenvalue weighted by Gasteiger charge is -2.39. The standard InChI is InChI=1S/C19H35N3O2/c23-14-15-6-2-3-7-18(15)21-19(24)20-16-8-10-17(11-9-16)22-12-4-1-5-13-22/h15-18,23H,1-14H2,(H2,20,21,24)/t15-,16?,17?,18+/m1/s1. The van der Waals surface area contributed by atoms with Crippen LogP contribution in [0.3, 0.4) is 0 Å². The molecule has 5 heteroatoms. The predicted molar refractivity (Wildman–Crippen MR) is 96.0 cm³/mol. The minimum Gasteiger partial charge on any atom is -0.396 e. The molecule has 2 saturated carbocycles. The maximum Gasteiger partial charge on any atom is 0.315 e.